The normalized spacial score (nSPS) is 11.1. The van der Waals surface area contributed by atoms with Crippen LogP contribution in [0.25, 0.3) is 6.08 Å². The van der Waals surface area contributed by atoms with Crippen LogP contribution in [-0.4, -0.2) is 20.0 Å². The summed E-state index contributed by atoms with van der Waals surface area (Å²) in [5.41, 5.74) is 0.798. The van der Waals surface area contributed by atoms with Crippen LogP contribution in [0.1, 0.15) is 19.4 Å². The summed E-state index contributed by atoms with van der Waals surface area (Å²) in [5.74, 6) is 0.821. The molecule has 0 N–H and O–H groups in total. The molecular formula is C15H17NO3. The van der Waals surface area contributed by atoms with E-state index in [0.29, 0.717) is 17.1 Å². The van der Waals surface area contributed by atoms with Crippen LogP contribution in [0.2, 0.25) is 0 Å². The molecule has 0 aliphatic carbocycles. The van der Waals surface area contributed by atoms with Gasteiger partial charge in [-0.05, 0) is 18.2 Å². The van der Waals surface area contributed by atoms with Crippen LogP contribution < -0.4 is 9.47 Å². The van der Waals surface area contributed by atoms with Gasteiger partial charge in [-0.15, -0.1) is 0 Å². The number of ketones is 1. The van der Waals surface area contributed by atoms with Crippen LogP contribution in [0.4, 0.5) is 0 Å². The third kappa shape index (κ3) is 3.59. The van der Waals surface area contributed by atoms with Crippen LogP contribution in [0.3, 0.4) is 0 Å². The van der Waals surface area contributed by atoms with Crippen molar-refractivity contribution < 1.29 is 14.3 Å². The summed E-state index contributed by atoms with van der Waals surface area (Å²) in [5, 5.41) is 9.07. The highest BCUT2D eigenvalue weighted by molar-refractivity contribution is 6.04. The van der Waals surface area contributed by atoms with Gasteiger partial charge in [-0.1, -0.05) is 13.8 Å². The van der Waals surface area contributed by atoms with Gasteiger partial charge in [0.05, 0.1) is 19.8 Å². The van der Waals surface area contributed by atoms with Gasteiger partial charge in [-0.3, -0.25) is 4.79 Å². The third-order valence-electron chi connectivity index (χ3n) is 2.65. The van der Waals surface area contributed by atoms with Gasteiger partial charge in [0, 0.05) is 17.5 Å². The summed E-state index contributed by atoms with van der Waals surface area (Å²) in [6.07, 6.45) is 1.54. The van der Waals surface area contributed by atoms with E-state index >= 15 is 0 Å². The van der Waals surface area contributed by atoms with Crippen molar-refractivity contribution in [2.24, 2.45) is 5.92 Å². The maximum absolute atomic E-state index is 11.8. The van der Waals surface area contributed by atoms with Crippen molar-refractivity contribution in [3.63, 3.8) is 0 Å². The molecule has 0 saturated heterocycles. The predicted octanol–water partition coefficient (Wildman–Crippen LogP) is 2.84. The van der Waals surface area contributed by atoms with Gasteiger partial charge in [0.2, 0.25) is 0 Å². The molecule has 1 aromatic carbocycles. The Labute approximate surface area is 113 Å². The Bertz CT molecular complexity index is 539. The number of hydrogen-bond donors (Lipinski definition) is 0. The fourth-order valence-corrected chi connectivity index (χ4v) is 1.56. The van der Waals surface area contributed by atoms with Crippen molar-refractivity contribution in [1.29, 1.82) is 5.26 Å². The zero-order chi connectivity index (χ0) is 14.4. The van der Waals surface area contributed by atoms with E-state index < -0.39 is 0 Å². The lowest BCUT2D eigenvalue weighted by Crippen LogP contribution is -2.09. The van der Waals surface area contributed by atoms with Gasteiger partial charge < -0.3 is 9.47 Å². The molecule has 0 bridgehead atoms. The number of rotatable bonds is 5. The monoisotopic (exact) mass is 259 g/mol. The van der Waals surface area contributed by atoms with Crippen LogP contribution in [0.15, 0.2) is 23.8 Å². The molecule has 0 spiro atoms. The molecule has 0 atom stereocenters. The van der Waals surface area contributed by atoms with E-state index in [4.69, 9.17) is 14.7 Å². The summed E-state index contributed by atoms with van der Waals surface area (Å²) in [6, 6.07) is 7.15. The van der Waals surface area contributed by atoms with E-state index in [0.717, 1.165) is 0 Å². The summed E-state index contributed by atoms with van der Waals surface area (Å²) in [4.78, 5) is 11.8. The molecular weight excluding hydrogens is 242 g/mol. The van der Waals surface area contributed by atoms with Crippen molar-refractivity contribution in [1.82, 2.24) is 0 Å². The van der Waals surface area contributed by atoms with Gasteiger partial charge >= 0.3 is 0 Å². The van der Waals surface area contributed by atoms with Gasteiger partial charge in [0.1, 0.15) is 17.6 Å². The predicted molar refractivity (Wildman–Crippen MR) is 73.0 cm³/mol. The average molecular weight is 259 g/mol. The smallest absolute Gasteiger partial charge is 0.175 e. The Balaban J connectivity index is 3.23. The van der Waals surface area contributed by atoms with Crippen molar-refractivity contribution >= 4 is 11.9 Å². The number of carbonyl (C=O) groups excluding carboxylic acids is 1. The maximum Gasteiger partial charge on any atom is 0.175 e. The van der Waals surface area contributed by atoms with Crippen LogP contribution >= 0.6 is 0 Å². The average Bonchev–Trinajstić information content (AvgIpc) is 2.43. The first kappa shape index (κ1) is 14.8. The largest absolute Gasteiger partial charge is 0.497 e. The molecule has 1 aromatic rings. The van der Waals surface area contributed by atoms with E-state index in [-0.39, 0.29) is 17.3 Å². The molecule has 4 nitrogen and oxygen atoms in total. The lowest BCUT2D eigenvalue weighted by atomic mass is 9.99. The lowest BCUT2D eigenvalue weighted by Gasteiger charge is -2.08. The van der Waals surface area contributed by atoms with Gasteiger partial charge in [0.25, 0.3) is 0 Å². The number of Topliss-reactive ketones (excluding diaryl/α,β-unsaturated/α-hetero) is 1. The van der Waals surface area contributed by atoms with Crippen molar-refractivity contribution in [3.8, 4) is 17.6 Å². The number of hydrogen-bond acceptors (Lipinski definition) is 4. The Hall–Kier alpha value is -2.28. The van der Waals surface area contributed by atoms with E-state index in [1.807, 2.05) is 6.07 Å². The summed E-state index contributed by atoms with van der Waals surface area (Å²) in [6.45, 7) is 3.53. The van der Waals surface area contributed by atoms with E-state index in [1.54, 1.807) is 45.2 Å². The Kier molecular flexibility index (Phi) is 5.13. The van der Waals surface area contributed by atoms with Crippen molar-refractivity contribution in [2.45, 2.75) is 13.8 Å². The number of allylic oxidation sites excluding steroid dienone is 1. The third-order valence-corrected chi connectivity index (χ3v) is 2.65. The molecule has 19 heavy (non-hydrogen) atoms. The number of methoxy groups -OCH3 is 2. The number of nitrogens with zero attached hydrogens (tertiary/aromatic N) is 1. The van der Waals surface area contributed by atoms with E-state index in [1.165, 1.54) is 7.11 Å². The zero-order valence-electron chi connectivity index (χ0n) is 11.6. The standard InChI is InChI=1S/C15H17NO3/c1-10(2)15(17)12(9-16)7-11-5-6-13(18-3)8-14(11)19-4/h5-8,10H,1-4H3. The van der Waals surface area contributed by atoms with Crippen molar-refractivity contribution in [2.75, 3.05) is 14.2 Å². The first-order valence-corrected chi connectivity index (χ1v) is 5.91. The minimum absolute atomic E-state index is 0.124. The molecule has 0 amide bonds. The van der Waals surface area contributed by atoms with Crippen LogP contribution in [0, 0.1) is 17.2 Å². The number of ether oxygens (including phenoxy) is 2. The SMILES string of the molecule is COc1ccc(C=C(C#N)C(=O)C(C)C)c(OC)c1. The number of benzene rings is 1. The molecule has 0 saturated carbocycles. The zero-order valence-corrected chi connectivity index (χ0v) is 11.6. The van der Waals surface area contributed by atoms with Crippen LogP contribution in [-0.2, 0) is 4.79 Å². The Morgan fingerprint density at radius 2 is 2.00 bits per heavy atom. The lowest BCUT2D eigenvalue weighted by molar-refractivity contribution is -0.117. The molecule has 0 fully saturated rings. The minimum Gasteiger partial charge on any atom is -0.497 e. The number of nitriles is 1. The second-order valence-electron chi connectivity index (χ2n) is 4.30. The van der Waals surface area contributed by atoms with Crippen LogP contribution in [0.5, 0.6) is 11.5 Å². The van der Waals surface area contributed by atoms with E-state index in [9.17, 15) is 4.79 Å². The van der Waals surface area contributed by atoms with Crippen molar-refractivity contribution in [3.05, 3.63) is 29.3 Å². The molecule has 0 aromatic heterocycles. The number of carbonyl (C=O) groups is 1. The fourth-order valence-electron chi connectivity index (χ4n) is 1.56. The van der Waals surface area contributed by atoms with Gasteiger partial charge in [-0.2, -0.15) is 5.26 Å². The molecule has 0 heterocycles. The first-order chi connectivity index (χ1) is 9.03. The second kappa shape index (κ2) is 6.60. The minimum atomic E-state index is -0.213. The Morgan fingerprint density at radius 3 is 2.47 bits per heavy atom. The first-order valence-electron chi connectivity index (χ1n) is 5.91. The highest BCUT2D eigenvalue weighted by atomic mass is 16.5. The fraction of sp³-hybridized carbons (Fsp3) is 0.333. The maximum atomic E-state index is 11.8. The van der Waals surface area contributed by atoms with E-state index in [2.05, 4.69) is 0 Å². The Morgan fingerprint density at radius 1 is 1.32 bits per heavy atom. The summed E-state index contributed by atoms with van der Waals surface area (Å²) < 4.78 is 10.3. The molecule has 0 unspecified atom stereocenters. The van der Waals surface area contributed by atoms with Gasteiger partial charge in [-0.25, -0.2) is 0 Å². The topological polar surface area (TPSA) is 59.3 Å². The quantitative estimate of drug-likeness (QED) is 0.602. The molecule has 0 aliphatic heterocycles. The van der Waals surface area contributed by atoms with Gasteiger partial charge in [0.15, 0.2) is 5.78 Å². The second-order valence-corrected chi connectivity index (χ2v) is 4.30. The molecule has 4 heteroatoms. The molecule has 0 aliphatic rings. The summed E-state index contributed by atoms with van der Waals surface area (Å²) in [7, 11) is 3.09. The molecule has 1 rings (SSSR count). The molecule has 0 radical (unpaired) electrons. The highest BCUT2D eigenvalue weighted by Crippen LogP contribution is 2.26. The molecule has 100 valence electrons. The summed E-state index contributed by atoms with van der Waals surface area (Å²) >= 11 is 0. The highest BCUT2D eigenvalue weighted by Gasteiger charge is 2.14.